The number of nitrogens with two attached hydrogens (primary N) is 2. The van der Waals surface area contributed by atoms with Crippen molar-refractivity contribution < 1.29 is 4.39 Å². The van der Waals surface area contributed by atoms with Crippen molar-refractivity contribution >= 4 is 28.5 Å². The van der Waals surface area contributed by atoms with Gasteiger partial charge in [0.05, 0.1) is 34.1 Å². The van der Waals surface area contributed by atoms with Crippen molar-refractivity contribution in [2.75, 3.05) is 6.54 Å². The average Bonchev–Trinajstić information content (AvgIpc) is 3.78. The zero-order chi connectivity index (χ0) is 30.8. The number of H-pyrrole nitrogens is 1. The van der Waals surface area contributed by atoms with Crippen LogP contribution in [-0.2, 0) is 6.42 Å². The molecule has 6 N–H and O–H groups in total. The van der Waals surface area contributed by atoms with Gasteiger partial charge in [0.15, 0.2) is 5.82 Å². The average molecular weight is 619 g/mol. The van der Waals surface area contributed by atoms with Crippen LogP contribution in [-0.4, -0.2) is 44.0 Å². The zero-order valence-electron chi connectivity index (χ0n) is 25.0. The second kappa shape index (κ2) is 13.2. The zero-order valence-corrected chi connectivity index (χ0v) is 25.8. The van der Waals surface area contributed by atoms with E-state index in [9.17, 15) is 4.79 Å². The van der Waals surface area contributed by atoms with E-state index in [1.54, 1.807) is 31.5 Å². The lowest BCUT2D eigenvalue weighted by Gasteiger charge is -2.30. The van der Waals surface area contributed by atoms with Gasteiger partial charge in [-0.3, -0.25) is 14.5 Å². The Hall–Kier alpha value is -3.60. The molecule has 1 unspecified atom stereocenters. The van der Waals surface area contributed by atoms with Gasteiger partial charge in [0.1, 0.15) is 5.65 Å². The van der Waals surface area contributed by atoms with Crippen molar-refractivity contribution in [3.05, 3.63) is 75.3 Å². The van der Waals surface area contributed by atoms with Crippen molar-refractivity contribution in [2.45, 2.75) is 82.8 Å². The SMILES string of the molecule is CC(N)=NCC[C@@H]1CCC[C@@H](c2ccc(-n3cc4cc(-c5cc(CCCC(N)C6CC6)cc(Cl)c5F)[nH]c4nc3=O)cn2)N1. The number of rotatable bonds is 11. The van der Waals surface area contributed by atoms with Gasteiger partial charge in [-0.1, -0.05) is 11.6 Å². The van der Waals surface area contributed by atoms with Crippen molar-refractivity contribution in [3.8, 4) is 16.9 Å². The van der Waals surface area contributed by atoms with E-state index in [1.165, 1.54) is 17.4 Å². The normalized spacial score (nSPS) is 19.9. The molecule has 4 aromatic rings. The standard InChI is InChI=1S/C33H40ClFN8O/c1-19(36)38-13-12-23-5-3-7-29(40-23)28-11-10-24(17-39-28)43-18-22-16-30(41-32(22)42-33(43)44)25-14-20(15-26(34)31(25)35)4-2-6-27(37)21-8-9-21/h10-11,14-18,21,23,27,29,40H,2-9,12-13,37H2,1H3,(H2,36,38)(H,41,42,44)/t23-,27?,29-/m0/s1. The number of pyridine rings is 1. The highest BCUT2D eigenvalue weighted by Gasteiger charge is 2.28. The van der Waals surface area contributed by atoms with Crippen LogP contribution in [0, 0.1) is 11.7 Å². The number of aromatic amines is 1. The maximum Gasteiger partial charge on any atom is 0.354 e. The molecule has 9 nitrogen and oxygen atoms in total. The molecule has 1 aromatic carbocycles. The van der Waals surface area contributed by atoms with E-state index >= 15 is 4.39 Å². The molecule has 232 valence electrons. The van der Waals surface area contributed by atoms with Crippen LogP contribution >= 0.6 is 11.6 Å². The number of piperidine rings is 1. The van der Waals surface area contributed by atoms with Gasteiger partial charge in [-0.25, -0.2) is 9.18 Å². The molecule has 0 radical (unpaired) electrons. The number of aliphatic imine (C=N–C) groups is 1. The summed E-state index contributed by atoms with van der Waals surface area (Å²) in [5.74, 6) is 0.754. The second-order valence-corrected chi connectivity index (χ2v) is 12.7. The van der Waals surface area contributed by atoms with Crippen LogP contribution in [0.25, 0.3) is 28.0 Å². The molecule has 4 heterocycles. The van der Waals surface area contributed by atoms with Crippen LogP contribution in [0.15, 0.2) is 52.5 Å². The van der Waals surface area contributed by atoms with E-state index in [0.29, 0.717) is 52.3 Å². The predicted octanol–water partition coefficient (Wildman–Crippen LogP) is 5.58. The quantitative estimate of drug-likeness (QED) is 0.128. The van der Waals surface area contributed by atoms with Gasteiger partial charge in [-0.2, -0.15) is 4.98 Å². The molecule has 1 saturated carbocycles. The van der Waals surface area contributed by atoms with Crippen molar-refractivity contribution in [1.29, 1.82) is 0 Å². The van der Waals surface area contributed by atoms with E-state index in [1.807, 2.05) is 18.2 Å². The molecule has 0 spiro atoms. The van der Waals surface area contributed by atoms with E-state index < -0.39 is 11.5 Å². The summed E-state index contributed by atoms with van der Waals surface area (Å²) in [7, 11) is 0. The molecule has 3 atom stereocenters. The molecule has 3 aromatic heterocycles. The summed E-state index contributed by atoms with van der Waals surface area (Å²) in [4.78, 5) is 29.4. The molecule has 6 rings (SSSR count). The largest absolute Gasteiger partial charge is 0.388 e. The number of aryl methyl sites for hydroxylation is 1. The van der Waals surface area contributed by atoms with Crippen LogP contribution < -0.4 is 22.5 Å². The highest BCUT2D eigenvalue weighted by Crippen LogP contribution is 2.34. The van der Waals surface area contributed by atoms with Crippen LogP contribution in [0.3, 0.4) is 0 Å². The monoisotopic (exact) mass is 618 g/mol. The summed E-state index contributed by atoms with van der Waals surface area (Å²) in [6.07, 6.45) is 12.6. The van der Waals surface area contributed by atoms with Crippen molar-refractivity contribution in [2.24, 2.45) is 22.4 Å². The summed E-state index contributed by atoms with van der Waals surface area (Å²) >= 11 is 6.31. The van der Waals surface area contributed by atoms with Gasteiger partial charge in [0.25, 0.3) is 0 Å². The molecule has 1 aliphatic heterocycles. The van der Waals surface area contributed by atoms with Crippen LogP contribution in [0.2, 0.25) is 5.02 Å². The summed E-state index contributed by atoms with van der Waals surface area (Å²) in [6.45, 7) is 2.51. The van der Waals surface area contributed by atoms with E-state index in [0.717, 1.165) is 56.2 Å². The highest BCUT2D eigenvalue weighted by atomic mass is 35.5. The van der Waals surface area contributed by atoms with E-state index in [-0.39, 0.29) is 17.1 Å². The van der Waals surface area contributed by atoms with Crippen LogP contribution in [0.5, 0.6) is 0 Å². The first-order chi connectivity index (χ1) is 21.2. The Kier molecular flexibility index (Phi) is 9.11. The summed E-state index contributed by atoms with van der Waals surface area (Å²) in [6, 6.07) is 9.88. The van der Waals surface area contributed by atoms with Crippen LogP contribution in [0.4, 0.5) is 4.39 Å². The Morgan fingerprint density at radius 1 is 1.23 bits per heavy atom. The fraction of sp³-hybridized carbons (Fsp3) is 0.455. The van der Waals surface area contributed by atoms with Crippen molar-refractivity contribution in [1.82, 2.24) is 24.8 Å². The number of halogens is 2. The highest BCUT2D eigenvalue weighted by molar-refractivity contribution is 6.31. The number of hydrogen-bond donors (Lipinski definition) is 4. The molecule has 1 saturated heterocycles. The molecular formula is C33H40ClFN8O. The lowest BCUT2D eigenvalue weighted by atomic mass is 9.94. The minimum atomic E-state index is -0.507. The number of amidine groups is 1. The first-order valence-corrected chi connectivity index (χ1v) is 16.0. The maximum atomic E-state index is 15.2. The summed E-state index contributed by atoms with van der Waals surface area (Å²) in [5.41, 5.74) is 15.2. The third kappa shape index (κ3) is 7.03. The Bertz CT molecular complexity index is 1710. The van der Waals surface area contributed by atoms with Gasteiger partial charge in [-0.15, -0.1) is 0 Å². The minimum absolute atomic E-state index is 0.0688. The maximum absolute atomic E-state index is 15.2. The topological polar surface area (TPSA) is 140 Å². The molecule has 2 fully saturated rings. The van der Waals surface area contributed by atoms with Gasteiger partial charge in [0.2, 0.25) is 0 Å². The number of aromatic nitrogens is 4. The number of fused-ring (bicyclic) bond motifs is 1. The van der Waals surface area contributed by atoms with E-state index in [4.69, 9.17) is 28.1 Å². The second-order valence-electron chi connectivity index (χ2n) is 12.3. The first kappa shape index (κ1) is 30.4. The van der Waals surface area contributed by atoms with Gasteiger partial charge in [-0.05, 0) is 107 Å². The lowest BCUT2D eigenvalue weighted by Crippen LogP contribution is -2.37. The van der Waals surface area contributed by atoms with Crippen molar-refractivity contribution in [3.63, 3.8) is 0 Å². The van der Waals surface area contributed by atoms with Gasteiger partial charge >= 0.3 is 5.69 Å². The fourth-order valence-corrected chi connectivity index (χ4v) is 6.48. The number of benzene rings is 1. The fourth-order valence-electron chi connectivity index (χ4n) is 6.24. The minimum Gasteiger partial charge on any atom is -0.388 e. The molecule has 0 bridgehead atoms. The number of hydrogen-bond acceptors (Lipinski definition) is 6. The summed E-state index contributed by atoms with van der Waals surface area (Å²) < 4.78 is 16.7. The van der Waals surface area contributed by atoms with Gasteiger partial charge in [0, 0.05) is 41.8 Å². The Morgan fingerprint density at radius 2 is 2.07 bits per heavy atom. The third-order valence-corrected chi connectivity index (χ3v) is 9.12. The number of nitrogens with zero attached hydrogens (tertiary/aromatic N) is 4. The third-order valence-electron chi connectivity index (χ3n) is 8.84. The van der Waals surface area contributed by atoms with Gasteiger partial charge < -0.3 is 21.8 Å². The lowest BCUT2D eigenvalue weighted by molar-refractivity contribution is 0.310. The predicted molar refractivity (Wildman–Crippen MR) is 174 cm³/mol. The Labute approximate surface area is 261 Å². The Balaban J connectivity index is 1.18. The van der Waals surface area contributed by atoms with Crippen LogP contribution in [0.1, 0.15) is 75.6 Å². The molecule has 2 aliphatic rings. The molecule has 44 heavy (non-hydrogen) atoms. The smallest absolute Gasteiger partial charge is 0.354 e. The number of nitrogens with one attached hydrogen (secondary N) is 2. The molecule has 11 heteroatoms. The van der Waals surface area contributed by atoms with E-state index in [2.05, 4.69) is 20.3 Å². The molecule has 0 amide bonds. The molecular weight excluding hydrogens is 579 g/mol. The Morgan fingerprint density at radius 3 is 2.82 bits per heavy atom. The molecule has 1 aliphatic carbocycles. The summed E-state index contributed by atoms with van der Waals surface area (Å²) in [5, 5.41) is 4.43. The first-order valence-electron chi connectivity index (χ1n) is 15.6.